The van der Waals surface area contributed by atoms with Crippen LogP contribution in [0.5, 0.6) is 0 Å². The van der Waals surface area contributed by atoms with Crippen molar-refractivity contribution in [2.24, 2.45) is 23.2 Å². The number of hydrogen-bond donors (Lipinski definition) is 1. The summed E-state index contributed by atoms with van der Waals surface area (Å²) in [7, 11) is 0. The number of rotatable bonds is 4. The molecule has 1 N–H and O–H groups in total. The molecule has 2 heterocycles. The minimum absolute atomic E-state index is 0.140. The minimum Gasteiger partial charge on any atom is -0.417 e. The van der Waals surface area contributed by atoms with E-state index >= 15 is 0 Å². The van der Waals surface area contributed by atoms with Crippen LogP contribution >= 0.6 is 0 Å². The second kappa shape index (κ2) is 5.64. The van der Waals surface area contributed by atoms with Crippen LogP contribution in [0.3, 0.4) is 0 Å². The predicted octanol–water partition coefficient (Wildman–Crippen LogP) is 2.96. The van der Waals surface area contributed by atoms with Crippen molar-refractivity contribution in [3.63, 3.8) is 0 Å². The van der Waals surface area contributed by atoms with E-state index in [1.165, 1.54) is 19.3 Å². The highest BCUT2D eigenvalue weighted by Crippen LogP contribution is 2.60. The van der Waals surface area contributed by atoms with Crippen molar-refractivity contribution in [3.8, 4) is 11.6 Å². The molecule has 4 bridgehead atoms. The maximum absolute atomic E-state index is 12.9. The van der Waals surface area contributed by atoms with Gasteiger partial charge in [-0.2, -0.15) is 0 Å². The van der Waals surface area contributed by atoms with Gasteiger partial charge in [0.1, 0.15) is 5.69 Å². The van der Waals surface area contributed by atoms with Crippen molar-refractivity contribution in [1.29, 1.82) is 0 Å². The summed E-state index contributed by atoms with van der Waals surface area (Å²) in [6, 6.07) is 5.54. The Morgan fingerprint density at radius 3 is 2.48 bits per heavy atom. The van der Waals surface area contributed by atoms with Gasteiger partial charge in [-0.05, 0) is 68.4 Å². The fourth-order valence-electron chi connectivity index (χ4n) is 5.65. The van der Waals surface area contributed by atoms with Gasteiger partial charge in [0.2, 0.25) is 11.8 Å². The summed E-state index contributed by atoms with van der Waals surface area (Å²) in [6.45, 7) is 0.292. The molecule has 0 aromatic carbocycles. The van der Waals surface area contributed by atoms with Crippen molar-refractivity contribution >= 4 is 5.91 Å². The van der Waals surface area contributed by atoms with Gasteiger partial charge < -0.3 is 9.73 Å². The predicted molar refractivity (Wildman–Crippen MR) is 90.0 cm³/mol. The average molecular weight is 338 g/mol. The Morgan fingerprint density at radius 1 is 1.12 bits per heavy atom. The number of nitrogens with zero attached hydrogens (tertiary/aromatic N) is 3. The number of aromatic nitrogens is 3. The van der Waals surface area contributed by atoms with Gasteiger partial charge in [0.05, 0.1) is 6.54 Å². The van der Waals surface area contributed by atoms with E-state index in [4.69, 9.17) is 4.42 Å². The van der Waals surface area contributed by atoms with Crippen LogP contribution in [0.25, 0.3) is 11.6 Å². The zero-order valence-electron chi connectivity index (χ0n) is 14.1. The lowest BCUT2D eigenvalue weighted by molar-refractivity contribution is -0.146. The molecular weight excluding hydrogens is 316 g/mol. The average Bonchev–Trinajstić information content (AvgIpc) is 3.08. The van der Waals surface area contributed by atoms with Crippen molar-refractivity contribution < 1.29 is 9.21 Å². The number of carbonyl (C=O) groups excluding carboxylic acids is 1. The van der Waals surface area contributed by atoms with Gasteiger partial charge in [-0.3, -0.25) is 9.78 Å². The molecule has 130 valence electrons. The van der Waals surface area contributed by atoms with E-state index in [-0.39, 0.29) is 11.3 Å². The molecule has 1 amide bonds. The summed E-state index contributed by atoms with van der Waals surface area (Å²) in [4.78, 5) is 17.1. The Balaban J connectivity index is 1.26. The molecule has 25 heavy (non-hydrogen) atoms. The summed E-state index contributed by atoms with van der Waals surface area (Å²) >= 11 is 0. The SMILES string of the molecule is O=C(NCc1nnc(-c2ccccn2)o1)C12CC3CC(CC(C3)C1)C2. The zero-order chi connectivity index (χ0) is 16.9. The molecule has 4 aliphatic carbocycles. The van der Waals surface area contributed by atoms with Gasteiger partial charge in [0.25, 0.3) is 5.89 Å². The van der Waals surface area contributed by atoms with Gasteiger partial charge in [0.15, 0.2) is 0 Å². The first-order chi connectivity index (χ1) is 12.2. The molecule has 0 saturated heterocycles. The Bertz CT molecular complexity index is 750. The van der Waals surface area contributed by atoms with Crippen LogP contribution < -0.4 is 5.32 Å². The van der Waals surface area contributed by atoms with E-state index < -0.39 is 0 Å². The Hall–Kier alpha value is -2.24. The largest absolute Gasteiger partial charge is 0.417 e. The topological polar surface area (TPSA) is 80.9 Å². The lowest BCUT2D eigenvalue weighted by Gasteiger charge is -2.55. The Morgan fingerprint density at radius 2 is 1.84 bits per heavy atom. The molecule has 2 aromatic rings. The highest BCUT2D eigenvalue weighted by Gasteiger charge is 2.54. The summed E-state index contributed by atoms with van der Waals surface area (Å²) in [6.07, 6.45) is 8.89. The van der Waals surface area contributed by atoms with Crippen LogP contribution in [-0.2, 0) is 11.3 Å². The van der Waals surface area contributed by atoms with E-state index in [9.17, 15) is 4.79 Å². The standard InChI is InChI=1S/C19H22N4O2/c24-18(19-8-12-5-13(9-19)7-14(6-12)10-19)21-11-16-22-23-17(25-16)15-3-1-2-4-20-15/h1-4,12-14H,5-11H2,(H,21,24). The van der Waals surface area contributed by atoms with Crippen molar-refractivity contribution in [1.82, 2.24) is 20.5 Å². The van der Waals surface area contributed by atoms with Crippen LogP contribution in [0.2, 0.25) is 0 Å². The van der Waals surface area contributed by atoms with Gasteiger partial charge in [0, 0.05) is 11.6 Å². The zero-order valence-corrected chi connectivity index (χ0v) is 14.1. The number of amides is 1. The molecule has 4 fully saturated rings. The van der Waals surface area contributed by atoms with E-state index in [1.54, 1.807) is 6.20 Å². The highest BCUT2D eigenvalue weighted by molar-refractivity contribution is 5.83. The Kier molecular flexibility index (Phi) is 3.40. The van der Waals surface area contributed by atoms with E-state index in [0.29, 0.717) is 24.0 Å². The lowest BCUT2D eigenvalue weighted by atomic mass is 9.49. The summed E-state index contributed by atoms with van der Waals surface area (Å²) < 4.78 is 5.64. The first-order valence-electron chi connectivity index (χ1n) is 9.22. The highest BCUT2D eigenvalue weighted by atomic mass is 16.4. The summed E-state index contributed by atoms with van der Waals surface area (Å²) in [5, 5.41) is 11.1. The molecule has 0 radical (unpaired) electrons. The van der Waals surface area contributed by atoms with Crippen LogP contribution in [0, 0.1) is 23.2 Å². The maximum atomic E-state index is 12.9. The summed E-state index contributed by atoms with van der Waals surface area (Å²) in [5.41, 5.74) is 0.507. The van der Waals surface area contributed by atoms with Crippen LogP contribution in [0.1, 0.15) is 44.4 Å². The van der Waals surface area contributed by atoms with Crippen LogP contribution in [0.4, 0.5) is 0 Å². The lowest BCUT2D eigenvalue weighted by Crippen LogP contribution is -2.53. The maximum Gasteiger partial charge on any atom is 0.266 e. The third kappa shape index (κ3) is 2.64. The van der Waals surface area contributed by atoms with E-state index in [1.807, 2.05) is 18.2 Å². The molecule has 0 spiro atoms. The van der Waals surface area contributed by atoms with Crippen LogP contribution in [-0.4, -0.2) is 21.1 Å². The number of nitrogens with one attached hydrogen (secondary N) is 1. The molecule has 4 aliphatic rings. The second-order valence-corrected chi connectivity index (χ2v) is 8.10. The molecule has 6 heteroatoms. The second-order valence-electron chi connectivity index (χ2n) is 8.10. The molecule has 6 nitrogen and oxygen atoms in total. The third-order valence-corrected chi connectivity index (χ3v) is 6.27. The number of carbonyl (C=O) groups is 1. The summed E-state index contributed by atoms with van der Waals surface area (Å²) in [5.74, 6) is 3.28. The van der Waals surface area contributed by atoms with Gasteiger partial charge in [-0.25, -0.2) is 0 Å². The molecule has 2 aromatic heterocycles. The molecule has 6 rings (SSSR count). The monoisotopic (exact) mass is 338 g/mol. The van der Waals surface area contributed by atoms with E-state index in [2.05, 4.69) is 20.5 Å². The Labute approximate surface area is 146 Å². The molecular formula is C19H22N4O2. The van der Waals surface area contributed by atoms with Crippen molar-refractivity contribution in [3.05, 3.63) is 30.3 Å². The normalized spacial score (nSPS) is 32.7. The van der Waals surface area contributed by atoms with Crippen molar-refractivity contribution in [2.75, 3.05) is 0 Å². The van der Waals surface area contributed by atoms with Gasteiger partial charge in [-0.1, -0.05) is 6.07 Å². The van der Waals surface area contributed by atoms with Gasteiger partial charge in [-0.15, -0.1) is 10.2 Å². The third-order valence-electron chi connectivity index (χ3n) is 6.27. The fourth-order valence-corrected chi connectivity index (χ4v) is 5.65. The van der Waals surface area contributed by atoms with Crippen molar-refractivity contribution in [2.45, 2.75) is 45.1 Å². The minimum atomic E-state index is -0.140. The van der Waals surface area contributed by atoms with Crippen LogP contribution in [0.15, 0.2) is 28.8 Å². The molecule has 0 atom stereocenters. The first-order valence-corrected chi connectivity index (χ1v) is 9.22. The smallest absolute Gasteiger partial charge is 0.266 e. The first kappa shape index (κ1) is 15.0. The molecule has 0 unspecified atom stereocenters. The number of pyridine rings is 1. The quantitative estimate of drug-likeness (QED) is 0.927. The van der Waals surface area contributed by atoms with E-state index in [0.717, 1.165) is 37.0 Å². The number of hydrogen-bond acceptors (Lipinski definition) is 5. The fraction of sp³-hybridized carbons (Fsp3) is 0.579. The van der Waals surface area contributed by atoms with Gasteiger partial charge >= 0.3 is 0 Å². The molecule has 4 saturated carbocycles. The molecule has 0 aliphatic heterocycles.